The van der Waals surface area contributed by atoms with Gasteiger partial charge >= 0.3 is 0 Å². The quantitative estimate of drug-likeness (QED) is 0.805. The van der Waals surface area contributed by atoms with Gasteiger partial charge in [0.1, 0.15) is 5.75 Å². The van der Waals surface area contributed by atoms with Crippen molar-refractivity contribution < 1.29 is 14.7 Å². The molecule has 0 bridgehead atoms. The third-order valence-electron chi connectivity index (χ3n) is 3.50. The molecule has 5 nitrogen and oxygen atoms in total. The van der Waals surface area contributed by atoms with E-state index in [0.717, 1.165) is 16.8 Å². The van der Waals surface area contributed by atoms with E-state index in [4.69, 9.17) is 11.6 Å². The molecule has 0 aliphatic rings. The Bertz CT molecular complexity index is 759. The van der Waals surface area contributed by atoms with Gasteiger partial charge in [0.25, 0.3) is 5.91 Å². The molecule has 2 aromatic carbocycles. The summed E-state index contributed by atoms with van der Waals surface area (Å²) in [7, 11) is 0. The number of phenols is 1. The molecule has 6 heteroatoms. The fourth-order valence-corrected chi connectivity index (χ4v) is 2.17. The van der Waals surface area contributed by atoms with E-state index in [-0.39, 0.29) is 28.8 Å². The molecule has 0 saturated carbocycles. The monoisotopic (exact) mass is 332 g/mol. The maximum Gasteiger partial charge on any atom is 0.251 e. The van der Waals surface area contributed by atoms with E-state index in [9.17, 15) is 14.7 Å². The van der Waals surface area contributed by atoms with Crippen LogP contribution >= 0.6 is 11.6 Å². The van der Waals surface area contributed by atoms with Crippen molar-refractivity contribution in [2.24, 2.45) is 0 Å². The highest BCUT2D eigenvalue weighted by atomic mass is 35.5. The molecule has 0 atom stereocenters. The van der Waals surface area contributed by atoms with Crippen molar-refractivity contribution in [1.82, 2.24) is 5.32 Å². The average Bonchev–Trinajstić information content (AvgIpc) is 2.52. The molecular formula is C17H17ClN2O3. The number of aromatic hydroxyl groups is 1. The highest BCUT2D eigenvalue weighted by Crippen LogP contribution is 2.23. The third kappa shape index (κ3) is 4.23. The summed E-state index contributed by atoms with van der Waals surface area (Å²) in [5.74, 6) is -0.865. The molecule has 2 rings (SSSR count). The smallest absolute Gasteiger partial charge is 0.251 e. The molecular weight excluding hydrogens is 316 g/mol. The Morgan fingerprint density at radius 2 is 1.91 bits per heavy atom. The Morgan fingerprint density at radius 3 is 2.61 bits per heavy atom. The van der Waals surface area contributed by atoms with Crippen LogP contribution < -0.4 is 10.6 Å². The lowest BCUT2D eigenvalue weighted by Crippen LogP contribution is -2.33. The lowest BCUT2D eigenvalue weighted by Gasteiger charge is -2.11. The molecule has 0 aromatic heterocycles. The fourth-order valence-electron chi connectivity index (χ4n) is 1.99. The molecule has 0 unspecified atom stereocenters. The predicted molar refractivity (Wildman–Crippen MR) is 90.0 cm³/mol. The van der Waals surface area contributed by atoms with E-state index in [2.05, 4.69) is 10.6 Å². The van der Waals surface area contributed by atoms with Gasteiger partial charge in [-0.15, -0.1) is 0 Å². The van der Waals surface area contributed by atoms with Crippen LogP contribution in [-0.2, 0) is 4.79 Å². The minimum atomic E-state index is -0.442. The van der Waals surface area contributed by atoms with Crippen LogP contribution in [-0.4, -0.2) is 23.5 Å². The largest absolute Gasteiger partial charge is 0.506 e. The number of hydrogen-bond donors (Lipinski definition) is 3. The average molecular weight is 333 g/mol. The van der Waals surface area contributed by atoms with E-state index < -0.39 is 5.91 Å². The van der Waals surface area contributed by atoms with Gasteiger partial charge in [-0.3, -0.25) is 9.59 Å². The van der Waals surface area contributed by atoms with E-state index in [0.29, 0.717) is 0 Å². The van der Waals surface area contributed by atoms with Crippen LogP contribution in [0.15, 0.2) is 36.4 Å². The number of nitrogens with one attached hydrogen (secondary N) is 2. The molecule has 0 radical (unpaired) electrons. The van der Waals surface area contributed by atoms with Gasteiger partial charge in [-0.2, -0.15) is 0 Å². The first-order chi connectivity index (χ1) is 10.9. The summed E-state index contributed by atoms with van der Waals surface area (Å²) in [6.07, 6.45) is 0. The van der Waals surface area contributed by atoms with Crippen molar-refractivity contribution in [3.8, 4) is 5.75 Å². The van der Waals surface area contributed by atoms with E-state index >= 15 is 0 Å². The molecule has 3 N–H and O–H groups in total. The maximum absolute atomic E-state index is 12.0. The second kappa shape index (κ2) is 7.15. The Hall–Kier alpha value is -2.53. The molecule has 0 spiro atoms. The summed E-state index contributed by atoms with van der Waals surface area (Å²) < 4.78 is 0. The van der Waals surface area contributed by atoms with Crippen LogP contribution in [0.3, 0.4) is 0 Å². The van der Waals surface area contributed by atoms with Gasteiger partial charge in [-0.05, 0) is 49.2 Å². The number of anilines is 1. The number of carbonyl (C=O) groups is 2. The van der Waals surface area contributed by atoms with Gasteiger partial charge in [0.05, 0.1) is 11.6 Å². The SMILES string of the molecule is Cc1cccc(NC(=O)CNC(=O)c2ccc(O)c(Cl)c2)c1C. The number of carbonyl (C=O) groups excluding carboxylic acids is 2. The first-order valence-corrected chi connectivity index (χ1v) is 7.39. The summed E-state index contributed by atoms with van der Waals surface area (Å²) in [5, 5.41) is 14.7. The number of aryl methyl sites for hydroxylation is 1. The van der Waals surface area contributed by atoms with Crippen LogP contribution in [0.25, 0.3) is 0 Å². The van der Waals surface area contributed by atoms with Crippen LogP contribution in [0.5, 0.6) is 5.75 Å². The highest BCUT2D eigenvalue weighted by Gasteiger charge is 2.11. The van der Waals surface area contributed by atoms with Crippen molar-refractivity contribution in [1.29, 1.82) is 0 Å². The zero-order valence-corrected chi connectivity index (χ0v) is 13.6. The van der Waals surface area contributed by atoms with Gasteiger partial charge in [-0.25, -0.2) is 0 Å². The second-order valence-corrected chi connectivity index (χ2v) is 5.55. The number of halogens is 1. The Kier molecular flexibility index (Phi) is 5.24. The Morgan fingerprint density at radius 1 is 1.17 bits per heavy atom. The maximum atomic E-state index is 12.0. The normalized spacial score (nSPS) is 10.2. The van der Waals surface area contributed by atoms with Gasteiger partial charge in [0.2, 0.25) is 5.91 Å². The summed E-state index contributed by atoms with van der Waals surface area (Å²) in [6.45, 7) is 3.72. The number of benzene rings is 2. The lowest BCUT2D eigenvalue weighted by atomic mass is 10.1. The van der Waals surface area contributed by atoms with Gasteiger partial charge in [-0.1, -0.05) is 23.7 Å². The van der Waals surface area contributed by atoms with E-state index in [1.165, 1.54) is 18.2 Å². The van der Waals surface area contributed by atoms with Gasteiger partial charge in [0.15, 0.2) is 0 Å². The minimum absolute atomic E-state index is 0.0810. The second-order valence-electron chi connectivity index (χ2n) is 5.14. The first kappa shape index (κ1) is 16.8. The molecule has 0 heterocycles. The molecule has 0 aliphatic heterocycles. The van der Waals surface area contributed by atoms with Crippen molar-refractivity contribution in [3.63, 3.8) is 0 Å². The summed E-state index contributed by atoms with van der Waals surface area (Å²) in [6, 6.07) is 9.72. The standard InChI is InChI=1S/C17H17ClN2O3/c1-10-4-3-5-14(11(10)2)20-16(22)9-19-17(23)12-6-7-15(21)13(18)8-12/h3-8,21H,9H2,1-2H3,(H,19,23)(H,20,22). The number of rotatable bonds is 4. The Balaban J connectivity index is 1.94. The number of phenolic OH excluding ortho intramolecular Hbond substituents is 1. The molecule has 23 heavy (non-hydrogen) atoms. The number of hydrogen-bond acceptors (Lipinski definition) is 3. The van der Waals surface area contributed by atoms with Crippen molar-refractivity contribution in [3.05, 3.63) is 58.1 Å². The minimum Gasteiger partial charge on any atom is -0.506 e. The van der Waals surface area contributed by atoms with Crippen molar-refractivity contribution in [2.45, 2.75) is 13.8 Å². The van der Waals surface area contributed by atoms with Crippen LogP contribution in [0.2, 0.25) is 5.02 Å². The molecule has 120 valence electrons. The predicted octanol–water partition coefficient (Wildman–Crippen LogP) is 3.03. The van der Waals surface area contributed by atoms with Crippen LogP contribution in [0.4, 0.5) is 5.69 Å². The molecule has 2 amide bonds. The third-order valence-corrected chi connectivity index (χ3v) is 3.80. The van der Waals surface area contributed by atoms with E-state index in [1.54, 1.807) is 0 Å². The molecule has 0 saturated heterocycles. The van der Waals surface area contributed by atoms with Gasteiger partial charge < -0.3 is 15.7 Å². The zero-order valence-electron chi connectivity index (χ0n) is 12.8. The summed E-state index contributed by atoms with van der Waals surface area (Å²) >= 11 is 5.75. The lowest BCUT2D eigenvalue weighted by molar-refractivity contribution is -0.115. The van der Waals surface area contributed by atoms with Gasteiger partial charge in [0, 0.05) is 11.3 Å². The van der Waals surface area contributed by atoms with Crippen molar-refractivity contribution in [2.75, 3.05) is 11.9 Å². The van der Waals surface area contributed by atoms with Crippen LogP contribution in [0.1, 0.15) is 21.5 Å². The molecule has 2 aromatic rings. The molecule has 0 aliphatic carbocycles. The molecule has 0 fully saturated rings. The van der Waals surface area contributed by atoms with Crippen LogP contribution in [0, 0.1) is 13.8 Å². The topological polar surface area (TPSA) is 78.4 Å². The Labute approximate surface area is 139 Å². The summed E-state index contributed by atoms with van der Waals surface area (Å²) in [4.78, 5) is 23.9. The first-order valence-electron chi connectivity index (χ1n) is 7.01. The van der Waals surface area contributed by atoms with Crippen molar-refractivity contribution >= 4 is 29.1 Å². The number of amides is 2. The highest BCUT2D eigenvalue weighted by molar-refractivity contribution is 6.32. The zero-order chi connectivity index (χ0) is 17.0. The fraction of sp³-hybridized carbons (Fsp3) is 0.176. The van der Waals surface area contributed by atoms with E-state index in [1.807, 2.05) is 32.0 Å². The summed E-state index contributed by atoms with van der Waals surface area (Å²) in [5.41, 5.74) is 3.05.